The van der Waals surface area contributed by atoms with Crippen molar-refractivity contribution in [3.8, 4) is 0 Å². The second-order valence-corrected chi connectivity index (χ2v) is 4.35. The van der Waals surface area contributed by atoms with E-state index in [0.29, 0.717) is 6.10 Å². The molecule has 3 heteroatoms. The first-order chi connectivity index (χ1) is 6.57. The molecule has 2 unspecified atom stereocenters. The largest absolute Gasteiger partial charge is 0.367 e. The van der Waals surface area contributed by atoms with E-state index in [4.69, 9.17) is 14.2 Å². The van der Waals surface area contributed by atoms with Crippen LogP contribution >= 0.6 is 0 Å². The van der Waals surface area contributed by atoms with Gasteiger partial charge < -0.3 is 14.2 Å². The van der Waals surface area contributed by atoms with Crippen LogP contribution in [0.25, 0.3) is 0 Å². The summed E-state index contributed by atoms with van der Waals surface area (Å²) in [5.74, 6) is -0.506. The predicted molar refractivity (Wildman–Crippen MR) is 53.0 cm³/mol. The Kier molecular flexibility index (Phi) is 2.41. The first-order valence-electron chi connectivity index (χ1n) is 5.21. The molecule has 2 fully saturated rings. The summed E-state index contributed by atoms with van der Waals surface area (Å²) in [6.07, 6.45) is 3.37. The van der Waals surface area contributed by atoms with Gasteiger partial charge in [0.05, 0.1) is 6.10 Å². The van der Waals surface area contributed by atoms with Crippen LogP contribution in [0.2, 0.25) is 0 Å². The molecule has 2 aliphatic rings. The molecular formula is C11H18O3. The Labute approximate surface area is 85.0 Å². The molecule has 0 aromatic heterocycles. The molecule has 0 amide bonds. The van der Waals surface area contributed by atoms with Crippen LogP contribution in [0.1, 0.15) is 27.2 Å². The van der Waals surface area contributed by atoms with Crippen molar-refractivity contribution in [1.82, 2.24) is 0 Å². The molecule has 4 atom stereocenters. The standard InChI is InChI=1S/C11H18O3/c1-5-7-9(12-7)10-8(6-2)13-11(3,4)14-10/h6-10H,2,5H2,1,3-4H3/t7?,8-,9-,10?/m0/s1. The third-order valence-corrected chi connectivity index (χ3v) is 2.74. The minimum atomic E-state index is -0.506. The fourth-order valence-corrected chi connectivity index (χ4v) is 2.03. The molecule has 0 N–H and O–H groups in total. The van der Waals surface area contributed by atoms with Crippen LogP contribution in [-0.2, 0) is 14.2 Å². The zero-order chi connectivity index (χ0) is 10.3. The summed E-state index contributed by atoms with van der Waals surface area (Å²) in [7, 11) is 0. The maximum Gasteiger partial charge on any atom is 0.164 e. The maximum absolute atomic E-state index is 5.79. The molecule has 2 heterocycles. The van der Waals surface area contributed by atoms with Gasteiger partial charge in [-0.1, -0.05) is 13.0 Å². The normalized spacial score (nSPS) is 45.1. The Bertz CT molecular complexity index is 237. The van der Waals surface area contributed by atoms with E-state index in [-0.39, 0.29) is 18.3 Å². The van der Waals surface area contributed by atoms with Crippen molar-refractivity contribution in [1.29, 1.82) is 0 Å². The minimum absolute atomic E-state index is 0.0208. The van der Waals surface area contributed by atoms with Gasteiger partial charge in [0.2, 0.25) is 0 Å². The molecule has 0 aliphatic carbocycles. The molecule has 2 saturated heterocycles. The summed E-state index contributed by atoms with van der Waals surface area (Å²) in [5.41, 5.74) is 0. The number of hydrogen-bond donors (Lipinski definition) is 0. The zero-order valence-corrected chi connectivity index (χ0v) is 9.03. The fraction of sp³-hybridized carbons (Fsp3) is 0.818. The smallest absolute Gasteiger partial charge is 0.164 e. The highest BCUT2D eigenvalue weighted by molar-refractivity contribution is 5.03. The molecular weight excluding hydrogens is 180 g/mol. The molecule has 0 aromatic carbocycles. The van der Waals surface area contributed by atoms with E-state index >= 15 is 0 Å². The van der Waals surface area contributed by atoms with Crippen molar-refractivity contribution >= 4 is 0 Å². The van der Waals surface area contributed by atoms with Gasteiger partial charge in [-0.05, 0) is 20.3 Å². The third-order valence-electron chi connectivity index (χ3n) is 2.74. The molecule has 80 valence electrons. The molecule has 3 nitrogen and oxygen atoms in total. The van der Waals surface area contributed by atoms with Gasteiger partial charge in [0.1, 0.15) is 18.3 Å². The van der Waals surface area contributed by atoms with Crippen LogP contribution in [0.4, 0.5) is 0 Å². The van der Waals surface area contributed by atoms with Crippen molar-refractivity contribution in [3.05, 3.63) is 12.7 Å². The van der Waals surface area contributed by atoms with Crippen LogP contribution in [0.3, 0.4) is 0 Å². The lowest BCUT2D eigenvalue weighted by Gasteiger charge is -2.16. The van der Waals surface area contributed by atoms with Crippen molar-refractivity contribution in [2.75, 3.05) is 0 Å². The second-order valence-electron chi connectivity index (χ2n) is 4.35. The first-order valence-corrected chi connectivity index (χ1v) is 5.21. The van der Waals surface area contributed by atoms with Crippen LogP contribution in [0.5, 0.6) is 0 Å². The first kappa shape index (κ1) is 10.1. The lowest BCUT2D eigenvalue weighted by Crippen LogP contribution is -2.28. The van der Waals surface area contributed by atoms with Crippen molar-refractivity contribution in [2.24, 2.45) is 0 Å². The summed E-state index contributed by atoms with van der Waals surface area (Å²) in [5, 5.41) is 0. The van der Waals surface area contributed by atoms with Crippen LogP contribution < -0.4 is 0 Å². The van der Waals surface area contributed by atoms with Crippen LogP contribution in [-0.4, -0.2) is 30.2 Å². The van der Waals surface area contributed by atoms with Gasteiger partial charge in [0.25, 0.3) is 0 Å². The van der Waals surface area contributed by atoms with Gasteiger partial charge in [-0.3, -0.25) is 0 Å². The Morgan fingerprint density at radius 3 is 2.50 bits per heavy atom. The van der Waals surface area contributed by atoms with Gasteiger partial charge in [-0.25, -0.2) is 0 Å². The highest BCUT2D eigenvalue weighted by atomic mass is 16.8. The van der Waals surface area contributed by atoms with E-state index in [1.54, 1.807) is 6.08 Å². The SMILES string of the molecule is C=C[C@@H]1OC(C)(C)OC1[C@H]1OC1CC. The summed E-state index contributed by atoms with van der Waals surface area (Å²) in [6, 6.07) is 0. The van der Waals surface area contributed by atoms with Gasteiger partial charge in [-0.15, -0.1) is 6.58 Å². The van der Waals surface area contributed by atoms with Crippen molar-refractivity contribution in [3.63, 3.8) is 0 Å². The maximum atomic E-state index is 5.79. The highest BCUT2D eigenvalue weighted by Crippen LogP contribution is 2.39. The molecule has 0 bridgehead atoms. The monoisotopic (exact) mass is 198 g/mol. The van der Waals surface area contributed by atoms with Crippen LogP contribution in [0, 0.1) is 0 Å². The molecule has 0 spiro atoms. The molecule has 14 heavy (non-hydrogen) atoms. The number of rotatable bonds is 3. The summed E-state index contributed by atoms with van der Waals surface area (Å²) in [4.78, 5) is 0. The summed E-state index contributed by atoms with van der Waals surface area (Å²) in [6.45, 7) is 9.73. The average Bonchev–Trinajstić information content (AvgIpc) is 2.84. The average molecular weight is 198 g/mol. The molecule has 2 aliphatic heterocycles. The summed E-state index contributed by atoms with van der Waals surface area (Å²) < 4.78 is 17.0. The van der Waals surface area contributed by atoms with Crippen molar-refractivity contribution in [2.45, 2.75) is 57.4 Å². The Morgan fingerprint density at radius 1 is 1.29 bits per heavy atom. The number of hydrogen-bond acceptors (Lipinski definition) is 3. The van der Waals surface area contributed by atoms with E-state index in [2.05, 4.69) is 13.5 Å². The van der Waals surface area contributed by atoms with E-state index in [1.165, 1.54) is 0 Å². The fourth-order valence-electron chi connectivity index (χ4n) is 2.03. The quantitative estimate of drug-likeness (QED) is 0.512. The highest BCUT2D eigenvalue weighted by Gasteiger charge is 2.53. The van der Waals surface area contributed by atoms with Gasteiger partial charge in [0.15, 0.2) is 5.79 Å². The Morgan fingerprint density at radius 2 is 2.00 bits per heavy atom. The Balaban J connectivity index is 2.01. The molecule has 0 aromatic rings. The lowest BCUT2D eigenvalue weighted by molar-refractivity contribution is -0.144. The van der Waals surface area contributed by atoms with Crippen LogP contribution in [0.15, 0.2) is 12.7 Å². The van der Waals surface area contributed by atoms with E-state index in [9.17, 15) is 0 Å². The Hall–Kier alpha value is -0.380. The van der Waals surface area contributed by atoms with E-state index in [1.807, 2.05) is 13.8 Å². The van der Waals surface area contributed by atoms with E-state index in [0.717, 1.165) is 6.42 Å². The predicted octanol–water partition coefficient (Wildman–Crippen LogP) is 1.87. The van der Waals surface area contributed by atoms with Crippen molar-refractivity contribution < 1.29 is 14.2 Å². The molecule has 0 radical (unpaired) electrons. The molecule has 2 rings (SSSR count). The lowest BCUT2D eigenvalue weighted by atomic mass is 10.1. The minimum Gasteiger partial charge on any atom is -0.367 e. The topological polar surface area (TPSA) is 31.0 Å². The van der Waals surface area contributed by atoms with E-state index < -0.39 is 5.79 Å². The van der Waals surface area contributed by atoms with Gasteiger partial charge in [0, 0.05) is 0 Å². The number of epoxide rings is 1. The van der Waals surface area contributed by atoms with Gasteiger partial charge in [-0.2, -0.15) is 0 Å². The number of ether oxygens (including phenoxy) is 3. The third kappa shape index (κ3) is 1.72. The second kappa shape index (κ2) is 3.33. The zero-order valence-electron chi connectivity index (χ0n) is 9.03. The molecule has 0 saturated carbocycles. The van der Waals surface area contributed by atoms with Gasteiger partial charge >= 0.3 is 0 Å². The summed E-state index contributed by atoms with van der Waals surface area (Å²) >= 11 is 0.